The summed E-state index contributed by atoms with van der Waals surface area (Å²) in [5.41, 5.74) is 4.05. The summed E-state index contributed by atoms with van der Waals surface area (Å²) in [6.45, 7) is 4.93. The quantitative estimate of drug-likeness (QED) is 0.273. The Bertz CT molecular complexity index is 1000. The number of benzene rings is 1. The molecule has 0 amide bonds. The van der Waals surface area contributed by atoms with Crippen molar-refractivity contribution >= 4 is 12.1 Å². The largest absolute Gasteiger partial charge is 1.00 e. The molecule has 1 saturated carbocycles. The standard InChI is InChI=1S/C16H25N3.C13H15FNO2.CH4O.K/c1-2-11-19(12-3-1)13-5-7-15-9-8-14-6-4-10-17-16(14)18-15;1-15(17)13(6-7-16)11-8-10(9-2-3-9)4-5-12(11)14;1-2;/h8-9H,1-7,10-13H2,(H,17,18);4-5,7-9,13H,2-3,6H2,1H3;2H,1H3;/q;-1;;+1. The molecule has 39 heavy (non-hydrogen) atoms. The van der Waals surface area contributed by atoms with Gasteiger partial charge in [-0.15, -0.1) is 0 Å². The summed E-state index contributed by atoms with van der Waals surface area (Å²) >= 11 is 0. The van der Waals surface area contributed by atoms with Crippen LogP contribution in [0.15, 0.2) is 30.3 Å². The van der Waals surface area contributed by atoms with E-state index in [2.05, 4.69) is 22.3 Å². The van der Waals surface area contributed by atoms with Gasteiger partial charge in [0.05, 0.1) is 0 Å². The maximum absolute atomic E-state index is 13.7. The van der Waals surface area contributed by atoms with Crippen LogP contribution in [0.25, 0.3) is 0 Å². The van der Waals surface area contributed by atoms with Crippen LogP contribution in [-0.2, 0) is 17.6 Å². The van der Waals surface area contributed by atoms with Crippen LogP contribution in [-0.4, -0.2) is 66.7 Å². The van der Waals surface area contributed by atoms with Gasteiger partial charge in [0.25, 0.3) is 0 Å². The number of aryl methyl sites for hydroxylation is 2. The van der Waals surface area contributed by atoms with Crippen molar-refractivity contribution in [1.82, 2.24) is 14.9 Å². The number of carbonyl (C=O) groups excluding carboxylic acids is 1. The fourth-order valence-corrected chi connectivity index (χ4v) is 5.23. The van der Waals surface area contributed by atoms with Crippen LogP contribution in [0.4, 0.5) is 10.2 Å². The van der Waals surface area contributed by atoms with Gasteiger partial charge in [-0.2, -0.15) is 0 Å². The van der Waals surface area contributed by atoms with Crippen molar-refractivity contribution in [3.63, 3.8) is 0 Å². The van der Waals surface area contributed by atoms with E-state index < -0.39 is 11.9 Å². The number of pyridine rings is 1. The number of aromatic nitrogens is 1. The summed E-state index contributed by atoms with van der Waals surface area (Å²) in [6.07, 6.45) is 11.9. The monoisotopic (exact) mass is 566 g/mol. The average Bonchev–Trinajstić information content (AvgIpc) is 3.80. The van der Waals surface area contributed by atoms with Crippen LogP contribution < -0.4 is 56.7 Å². The zero-order valence-electron chi connectivity index (χ0n) is 24.0. The number of aliphatic hydroxyl groups excluding tert-OH is 1. The molecular formula is C30H44FKN4O3. The number of nitrogens with one attached hydrogen (secondary N) is 1. The van der Waals surface area contributed by atoms with E-state index in [1.165, 1.54) is 82.5 Å². The van der Waals surface area contributed by atoms with Crippen molar-refractivity contribution in [2.75, 3.05) is 45.7 Å². The molecule has 210 valence electrons. The van der Waals surface area contributed by atoms with Crippen molar-refractivity contribution < 1.29 is 65.7 Å². The summed E-state index contributed by atoms with van der Waals surface area (Å²) in [5, 5.41) is 22.4. The maximum atomic E-state index is 13.7. The third-order valence-electron chi connectivity index (χ3n) is 7.49. The normalized spacial score (nSPS) is 17.3. The van der Waals surface area contributed by atoms with Gasteiger partial charge in [-0.25, -0.2) is 9.37 Å². The Labute approximate surface area is 275 Å². The van der Waals surface area contributed by atoms with E-state index in [-0.39, 0.29) is 57.8 Å². The number of hydrogen-bond acceptors (Lipinski definition) is 7. The Kier molecular flexibility index (Phi) is 16.5. The molecule has 1 aromatic carbocycles. The van der Waals surface area contributed by atoms with E-state index >= 15 is 0 Å². The number of rotatable bonds is 9. The second kappa shape index (κ2) is 18.6. The van der Waals surface area contributed by atoms with Crippen LogP contribution >= 0.6 is 0 Å². The number of hydrogen-bond donors (Lipinski definition) is 2. The second-order valence-corrected chi connectivity index (χ2v) is 10.4. The fraction of sp³-hybridized carbons (Fsp3) is 0.600. The molecule has 2 fully saturated rings. The third kappa shape index (κ3) is 11.2. The number of nitrogens with zero attached hydrogens (tertiary/aromatic N) is 3. The Morgan fingerprint density at radius 3 is 2.59 bits per heavy atom. The number of halogens is 1. The number of fused-ring (bicyclic) bond motifs is 1. The molecule has 2 aliphatic heterocycles. The van der Waals surface area contributed by atoms with Crippen molar-refractivity contribution in [2.45, 2.75) is 76.2 Å². The number of anilines is 1. The first-order chi connectivity index (χ1) is 18.5. The minimum absolute atomic E-state index is 0. The average molecular weight is 567 g/mol. The Morgan fingerprint density at radius 2 is 1.92 bits per heavy atom. The molecule has 7 nitrogen and oxygen atoms in total. The summed E-state index contributed by atoms with van der Waals surface area (Å²) in [6, 6.07) is 8.66. The molecule has 0 spiro atoms. The molecule has 1 aliphatic carbocycles. The van der Waals surface area contributed by atoms with Crippen LogP contribution in [0.2, 0.25) is 0 Å². The van der Waals surface area contributed by atoms with Crippen molar-refractivity contribution in [3.8, 4) is 0 Å². The van der Waals surface area contributed by atoms with Gasteiger partial charge in [-0.1, -0.05) is 24.6 Å². The molecule has 3 heterocycles. The zero-order chi connectivity index (χ0) is 27.3. The third-order valence-corrected chi connectivity index (χ3v) is 7.49. The molecule has 1 unspecified atom stereocenters. The van der Waals surface area contributed by atoms with Gasteiger partial charge in [0, 0.05) is 37.4 Å². The molecule has 0 bridgehead atoms. The molecule has 1 atom stereocenters. The Hall–Kier alpha value is -0.754. The predicted molar refractivity (Wildman–Crippen MR) is 151 cm³/mol. The van der Waals surface area contributed by atoms with Gasteiger partial charge < -0.3 is 30.4 Å². The molecule has 1 saturated heterocycles. The molecule has 1 aromatic heterocycles. The van der Waals surface area contributed by atoms with E-state index in [1.807, 2.05) is 0 Å². The molecular weight excluding hydrogens is 522 g/mol. The van der Waals surface area contributed by atoms with Gasteiger partial charge in [-0.3, -0.25) is 0 Å². The minimum atomic E-state index is -0.716. The summed E-state index contributed by atoms with van der Waals surface area (Å²) < 4.78 is 13.7. The van der Waals surface area contributed by atoms with Crippen LogP contribution in [0.1, 0.15) is 85.7 Å². The molecule has 2 N–H and O–H groups in total. The first kappa shape index (κ1) is 34.4. The summed E-state index contributed by atoms with van der Waals surface area (Å²) in [5.74, 6) is 1.23. The van der Waals surface area contributed by atoms with Crippen molar-refractivity contribution in [1.29, 1.82) is 0 Å². The number of aliphatic hydroxyl groups is 1. The Balaban J connectivity index is 0.000000253. The number of likely N-dealkylation sites (tertiary alicyclic amines) is 1. The predicted octanol–water partition coefficient (Wildman–Crippen LogP) is 2.23. The number of aldehydes is 1. The van der Waals surface area contributed by atoms with Gasteiger partial charge in [-0.05, 0) is 107 Å². The van der Waals surface area contributed by atoms with Crippen molar-refractivity contribution in [2.24, 2.45) is 0 Å². The number of hydroxylamine groups is 2. The Morgan fingerprint density at radius 1 is 1.18 bits per heavy atom. The van der Waals surface area contributed by atoms with Gasteiger partial charge in [0.15, 0.2) is 0 Å². The summed E-state index contributed by atoms with van der Waals surface area (Å²) in [7, 11) is 2.32. The summed E-state index contributed by atoms with van der Waals surface area (Å²) in [4.78, 5) is 17.9. The van der Waals surface area contributed by atoms with Crippen LogP contribution in [0, 0.1) is 11.0 Å². The van der Waals surface area contributed by atoms with Crippen LogP contribution in [0.5, 0.6) is 0 Å². The molecule has 3 aliphatic rings. The van der Waals surface area contributed by atoms with Crippen LogP contribution in [0.3, 0.4) is 0 Å². The first-order valence-electron chi connectivity index (χ1n) is 14.1. The van der Waals surface area contributed by atoms with E-state index in [4.69, 9.17) is 10.1 Å². The number of piperidine rings is 1. The fourth-order valence-electron chi connectivity index (χ4n) is 5.23. The maximum Gasteiger partial charge on any atom is 1.00 e. The topological polar surface area (TPSA) is 91.8 Å². The number of carbonyl (C=O) groups is 1. The van der Waals surface area contributed by atoms with Gasteiger partial charge in [0.2, 0.25) is 0 Å². The zero-order valence-corrected chi connectivity index (χ0v) is 27.1. The molecule has 0 radical (unpaired) electrons. The van der Waals surface area contributed by atoms with E-state index in [1.54, 1.807) is 12.1 Å². The van der Waals surface area contributed by atoms with E-state index in [0.29, 0.717) is 22.8 Å². The second-order valence-electron chi connectivity index (χ2n) is 10.4. The van der Waals surface area contributed by atoms with Gasteiger partial charge >= 0.3 is 51.4 Å². The molecule has 9 heteroatoms. The van der Waals surface area contributed by atoms with Gasteiger partial charge in [0.1, 0.15) is 17.9 Å². The SMILES string of the molecule is CN([O-])C(CC=O)c1cc(C2CC2)ccc1F.CO.[K+].c1cc2c(nc1CCCN1CCCCC1)NCCC2. The van der Waals surface area contributed by atoms with Crippen molar-refractivity contribution in [3.05, 3.63) is 63.7 Å². The minimum Gasteiger partial charge on any atom is -0.785 e. The molecule has 2 aromatic rings. The molecule has 5 rings (SSSR count). The van der Waals surface area contributed by atoms with E-state index in [9.17, 15) is 14.4 Å². The van der Waals surface area contributed by atoms with E-state index in [0.717, 1.165) is 44.3 Å². The first-order valence-corrected chi connectivity index (χ1v) is 14.1. The smallest absolute Gasteiger partial charge is 0.785 e.